The van der Waals surface area contributed by atoms with E-state index in [1.165, 1.54) is 0 Å². The largest absolute Gasteiger partial charge is 0.480 e. The number of hydrogen-bond acceptors (Lipinski definition) is 4. The Kier molecular flexibility index (Phi) is 3.49. The second-order valence-electron chi connectivity index (χ2n) is 3.62. The fraction of sp³-hybridized carbons (Fsp3) is 0.875. The minimum Gasteiger partial charge on any atom is -0.480 e. The summed E-state index contributed by atoms with van der Waals surface area (Å²) in [5.41, 5.74) is 0. The van der Waals surface area contributed by atoms with Crippen LogP contribution in [-0.2, 0) is 14.6 Å². The summed E-state index contributed by atoms with van der Waals surface area (Å²) in [4.78, 5) is 10.7. The smallest absolute Gasteiger partial charge is 0.321 e. The molecule has 0 amide bonds. The Bertz CT molecular complexity index is 311. The van der Waals surface area contributed by atoms with Crippen LogP contribution in [0.15, 0.2) is 0 Å². The van der Waals surface area contributed by atoms with Crippen molar-refractivity contribution < 1.29 is 18.3 Å². The minimum absolute atomic E-state index is 0.0601. The molecule has 1 rings (SSSR count). The first-order chi connectivity index (χ1) is 6.44. The SMILES string of the molecule is CCCC1CS(=O)(=O)CC(C(=O)O)N1. The van der Waals surface area contributed by atoms with Gasteiger partial charge in [-0.25, -0.2) is 8.42 Å². The first kappa shape index (κ1) is 11.5. The number of sulfone groups is 1. The molecule has 5 nitrogen and oxygen atoms in total. The van der Waals surface area contributed by atoms with Gasteiger partial charge in [0.05, 0.1) is 11.5 Å². The number of nitrogens with one attached hydrogen (secondary N) is 1. The van der Waals surface area contributed by atoms with Crippen LogP contribution in [0.25, 0.3) is 0 Å². The zero-order chi connectivity index (χ0) is 10.8. The molecule has 0 aromatic rings. The Hall–Kier alpha value is -0.620. The van der Waals surface area contributed by atoms with Gasteiger partial charge in [0, 0.05) is 6.04 Å². The summed E-state index contributed by atoms with van der Waals surface area (Å²) < 4.78 is 22.7. The Morgan fingerprint density at radius 2 is 2.14 bits per heavy atom. The van der Waals surface area contributed by atoms with Crippen LogP contribution in [0.2, 0.25) is 0 Å². The molecule has 2 unspecified atom stereocenters. The molecule has 0 bridgehead atoms. The van der Waals surface area contributed by atoms with Crippen LogP contribution in [0.4, 0.5) is 0 Å². The van der Waals surface area contributed by atoms with E-state index >= 15 is 0 Å². The highest BCUT2D eigenvalue weighted by Crippen LogP contribution is 2.11. The molecule has 6 heteroatoms. The number of rotatable bonds is 3. The fourth-order valence-electron chi connectivity index (χ4n) is 1.67. The lowest BCUT2D eigenvalue weighted by atomic mass is 10.1. The number of carboxylic acid groups (broad SMARTS) is 1. The lowest BCUT2D eigenvalue weighted by Gasteiger charge is -2.28. The Morgan fingerprint density at radius 1 is 1.50 bits per heavy atom. The summed E-state index contributed by atoms with van der Waals surface area (Å²) in [6, 6.07) is -1.15. The van der Waals surface area contributed by atoms with Gasteiger partial charge in [0.25, 0.3) is 0 Å². The molecule has 82 valence electrons. The van der Waals surface area contributed by atoms with E-state index in [1.807, 2.05) is 6.92 Å². The Labute approximate surface area is 83.4 Å². The van der Waals surface area contributed by atoms with E-state index in [0.717, 1.165) is 6.42 Å². The van der Waals surface area contributed by atoms with Gasteiger partial charge in [-0.05, 0) is 6.42 Å². The summed E-state index contributed by atoms with van der Waals surface area (Å²) in [6.45, 7) is 1.94. The second kappa shape index (κ2) is 4.27. The third kappa shape index (κ3) is 2.95. The van der Waals surface area contributed by atoms with Crippen LogP contribution < -0.4 is 5.32 Å². The highest BCUT2D eigenvalue weighted by molar-refractivity contribution is 7.91. The van der Waals surface area contributed by atoms with E-state index in [-0.39, 0.29) is 17.5 Å². The van der Waals surface area contributed by atoms with Gasteiger partial charge in [0.1, 0.15) is 6.04 Å². The average molecular weight is 221 g/mol. The maximum atomic E-state index is 11.3. The standard InChI is InChI=1S/C8H15NO4S/c1-2-3-6-4-14(12,13)5-7(9-6)8(10)11/h6-7,9H,2-5H2,1H3,(H,10,11). The van der Waals surface area contributed by atoms with E-state index in [9.17, 15) is 13.2 Å². The molecule has 2 atom stereocenters. The molecule has 14 heavy (non-hydrogen) atoms. The van der Waals surface area contributed by atoms with Gasteiger partial charge in [-0.1, -0.05) is 13.3 Å². The molecule has 0 aliphatic carbocycles. The first-order valence-electron chi connectivity index (χ1n) is 4.64. The van der Waals surface area contributed by atoms with E-state index in [0.29, 0.717) is 6.42 Å². The number of aliphatic carboxylic acids is 1. The van der Waals surface area contributed by atoms with Gasteiger partial charge >= 0.3 is 5.97 Å². The third-order valence-electron chi connectivity index (χ3n) is 2.25. The number of hydrogen-bond donors (Lipinski definition) is 2. The van der Waals surface area contributed by atoms with Gasteiger partial charge in [-0.2, -0.15) is 0 Å². The highest BCUT2D eigenvalue weighted by atomic mass is 32.2. The highest BCUT2D eigenvalue weighted by Gasteiger charge is 2.34. The zero-order valence-corrected chi connectivity index (χ0v) is 8.88. The molecular formula is C8H15NO4S. The van der Waals surface area contributed by atoms with E-state index in [4.69, 9.17) is 5.11 Å². The molecule has 1 aliphatic rings. The third-order valence-corrected chi connectivity index (χ3v) is 4.00. The predicted octanol–water partition coefficient (Wildman–Crippen LogP) is -0.374. The topological polar surface area (TPSA) is 83.5 Å². The molecule has 0 spiro atoms. The Morgan fingerprint density at radius 3 is 2.64 bits per heavy atom. The van der Waals surface area contributed by atoms with E-state index in [2.05, 4.69) is 5.32 Å². The zero-order valence-electron chi connectivity index (χ0n) is 8.06. The van der Waals surface area contributed by atoms with Crippen molar-refractivity contribution in [1.29, 1.82) is 0 Å². The van der Waals surface area contributed by atoms with Crippen molar-refractivity contribution in [2.24, 2.45) is 0 Å². The average Bonchev–Trinajstić information content (AvgIpc) is 2.01. The van der Waals surface area contributed by atoms with Crippen molar-refractivity contribution in [3.63, 3.8) is 0 Å². The lowest BCUT2D eigenvalue weighted by molar-refractivity contribution is -0.139. The number of carbonyl (C=O) groups is 1. The van der Waals surface area contributed by atoms with Gasteiger partial charge in [0.2, 0.25) is 0 Å². The van der Waals surface area contributed by atoms with Crippen molar-refractivity contribution >= 4 is 15.8 Å². The summed E-state index contributed by atoms with van der Waals surface area (Å²) in [7, 11) is -3.19. The normalized spacial score (nSPS) is 31.2. The van der Waals surface area contributed by atoms with Crippen molar-refractivity contribution in [2.75, 3.05) is 11.5 Å². The van der Waals surface area contributed by atoms with Crippen molar-refractivity contribution in [3.05, 3.63) is 0 Å². The summed E-state index contributed by atoms with van der Waals surface area (Å²) in [6.07, 6.45) is 1.54. The van der Waals surface area contributed by atoms with Crippen LogP contribution in [0.5, 0.6) is 0 Å². The van der Waals surface area contributed by atoms with Crippen LogP contribution in [0.1, 0.15) is 19.8 Å². The molecule has 0 aromatic heterocycles. The van der Waals surface area contributed by atoms with E-state index < -0.39 is 21.8 Å². The predicted molar refractivity (Wildman–Crippen MR) is 51.9 cm³/mol. The van der Waals surface area contributed by atoms with Crippen LogP contribution >= 0.6 is 0 Å². The maximum absolute atomic E-state index is 11.3. The molecule has 0 radical (unpaired) electrons. The molecule has 1 aliphatic heterocycles. The van der Waals surface area contributed by atoms with Gasteiger partial charge in [-0.3, -0.25) is 10.1 Å². The Balaban J connectivity index is 2.72. The quantitative estimate of drug-likeness (QED) is 0.679. The van der Waals surface area contributed by atoms with Crippen molar-refractivity contribution in [1.82, 2.24) is 5.32 Å². The monoisotopic (exact) mass is 221 g/mol. The second-order valence-corrected chi connectivity index (χ2v) is 5.77. The van der Waals surface area contributed by atoms with Crippen molar-refractivity contribution in [3.8, 4) is 0 Å². The molecule has 2 N–H and O–H groups in total. The molecule has 1 fully saturated rings. The molecule has 0 aromatic carbocycles. The molecular weight excluding hydrogens is 206 g/mol. The van der Waals surface area contributed by atoms with Gasteiger partial charge < -0.3 is 5.11 Å². The lowest BCUT2D eigenvalue weighted by Crippen LogP contribution is -2.55. The summed E-state index contributed by atoms with van der Waals surface area (Å²) in [5, 5.41) is 11.6. The molecule has 0 saturated carbocycles. The fourth-order valence-corrected chi connectivity index (χ4v) is 3.43. The summed E-state index contributed by atoms with van der Waals surface area (Å²) in [5.74, 6) is -1.32. The molecule has 1 saturated heterocycles. The molecule has 1 heterocycles. The minimum atomic E-state index is -3.19. The van der Waals surface area contributed by atoms with Crippen LogP contribution in [-0.4, -0.2) is 43.1 Å². The number of carboxylic acids is 1. The van der Waals surface area contributed by atoms with Crippen molar-refractivity contribution in [2.45, 2.75) is 31.8 Å². The maximum Gasteiger partial charge on any atom is 0.321 e. The summed E-state index contributed by atoms with van der Waals surface area (Å²) >= 11 is 0. The van der Waals surface area contributed by atoms with Crippen LogP contribution in [0.3, 0.4) is 0 Å². The van der Waals surface area contributed by atoms with Crippen LogP contribution in [0, 0.1) is 0 Å². The van der Waals surface area contributed by atoms with E-state index in [1.54, 1.807) is 0 Å². The van der Waals surface area contributed by atoms with Gasteiger partial charge in [-0.15, -0.1) is 0 Å². The van der Waals surface area contributed by atoms with Gasteiger partial charge in [0.15, 0.2) is 9.84 Å². The first-order valence-corrected chi connectivity index (χ1v) is 6.46.